The van der Waals surface area contributed by atoms with Gasteiger partial charge in [0.1, 0.15) is 9.84 Å². The van der Waals surface area contributed by atoms with Crippen molar-refractivity contribution in [1.82, 2.24) is 0 Å². The van der Waals surface area contributed by atoms with Crippen LogP contribution in [0.15, 0.2) is 36.6 Å². The molecular weight excluding hydrogens is 296 g/mol. The van der Waals surface area contributed by atoms with Crippen molar-refractivity contribution >= 4 is 15.4 Å². The van der Waals surface area contributed by atoms with E-state index in [1.807, 2.05) is 38.3 Å². The van der Waals surface area contributed by atoms with Crippen LogP contribution in [0.25, 0.3) is 5.57 Å². The Balaban J connectivity index is 1.94. The molecule has 1 fully saturated rings. The molecule has 0 aromatic heterocycles. The second kappa shape index (κ2) is 7.82. The highest BCUT2D eigenvalue weighted by Gasteiger charge is 2.23. The molecule has 0 bridgehead atoms. The van der Waals surface area contributed by atoms with Gasteiger partial charge in [-0.2, -0.15) is 0 Å². The predicted molar refractivity (Wildman–Crippen MR) is 91.3 cm³/mol. The van der Waals surface area contributed by atoms with Crippen molar-refractivity contribution < 1.29 is 13.2 Å². The van der Waals surface area contributed by atoms with Crippen LogP contribution in [0.1, 0.15) is 45.1 Å². The topological polar surface area (TPSA) is 43.4 Å². The summed E-state index contributed by atoms with van der Waals surface area (Å²) >= 11 is 0. The number of ether oxygens (including phenoxy) is 1. The van der Waals surface area contributed by atoms with Crippen LogP contribution in [-0.4, -0.2) is 26.0 Å². The SMILES string of the molecule is C/C(=C/OC(C)C1CCCCS(=O)(=O)CC1)c1ccccc1. The van der Waals surface area contributed by atoms with Crippen molar-refractivity contribution in [2.24, 2.45) is 5.92 Å². The summed E-state index contributed by atoms with van der Waals surface area (Å²) in [6.45, 7) is 4.08. The molecule has 0 radical (unpaired) electrons. The van der Waals surface area contributed by atoms with E-state index in [0.717, 1.165) is 30.4 Å². The Hall–Kier alpha value is -1.29. The molecule has 4 heteroatoms. The first-order chi connectivity index (χ1) is 10.5. The second-order valence-corrected chi connectivity index (χ2v) is 8.51. The quantitative estimate of drug-likeness (QED) is 0.785. The fourth-order valence-corrected chi connectivity index (χ4v) is 4.37. The van der Waals surface area contributed by atoms with Crippen molar-refractivity contribution in [2.45, 2.75) is 45.6 Å². The van der Waals surface area contributed by atoms with E-state index in [9.17, 15) is 8.42 Å². The van der Waals surface area contributed by atoms with Gasteiger partial charge >= 0.3 is 0 Å². The van der Waals surface area contributed by atoms with Crippen LogP contribution in [0.5, 0.6) is 0 Å². The Labute approximate surface area is 134 Å². The van der Waals surface area contributed by atoms with Crippen molar-refractivity contribution in [3.63, 3.8) is 0 Å². The maximum atomic E-state index is 11.8. The van der Waals surface area contributed by atoms with Crippen molar-refractivity contribution in [3.05, 3.63) is 42.2 Å². The number of hydrogen-bond acceptors (Lipinski definition) is 3. The molecule has 2 rings (SSSR count). The first-order valence-corrected chi connectivity index (χ1v) is 9.88. The zero-order chi connectivity index (χ0) is 16.0. The first-order valence-electron chi connectivity index (χ1n) is 8.06. The monoisotopic (exact) mass is 322 g/mol. The van der Waals surface area contributed by atoms with E-state index < -0.39 is 9.84 Å². The maximum absolute atomic E-state index is 11.8. The highest BCUT2D eigenvalue weighted by molar-refractivity contribution is 7.91. The molecule has 1 aromatic carbocycles. The van der Waals surface area contributed by atoms with Crippen LogP contribution in [-0.2, 0) is 14.6 Å². The van der Waals surface area contributed by atoms with E-state index in [0.29, 0.717) is 23.8 Å². The fraction of sp³-hybridized carbons (Fsp3) is 0.556. The largest absolute Gasteiger partial charge is 0.498 e. The Morgan fingerprint density at radius 3 is 2.64 bits per heavy atom. The normalized spacial score (nSPS) is 24.1. The van der Waals surface area contributed by atoms with E-state index in [4.69, 9.17) is 4.74 Å². The third-order valence-corrected chi connectivity index (χ3v) is 6.20. The molecule has 1 aliphatic rings. The van der Waals surface area contributed by atoms with Gasteiger partial charge in [0.05, 0.1) is 23.9 Å². The van der Waals surface area contributed by atoms with Gasteiger partial charge in [-0.05, 0) is 50.2 Å². The standard InChI is InChI=1S/C18H26O3S/c1-15(17-8-4-3-5-9-17)14-21-16(2)18-10-6-7-12-22(19,20)13-11-18/h3-5,8-9,14,16,18H,6-7,10-13H2,1-2H3/b15-14-. The molecule has 22 heavy (non-hydrogen) atoms. The molecule has 3 nitrogen and oxygen atoms in total. The van der Waals surface area contributed by atoms with Gasteiger partial charge < -0.3 is 4.74 Å². The minimum atomic E-state index is -2.85. The van der Waals surface area contributed by atoms with E-state index in [1.165, 1.54) is 0 Å². The Morgan fingerprint density at radius 1 is 1.18 bits per heavy atom. The maximum Gasteiger partial charge on any atom is 0.150 e. The van der Waals surface area contributed by atoms with E-state index in [2.05, 4.69) is 12.1 Å². The molecule has 2 atom stereocenters. The fourth-order valence-electron chi connectivity index (χ4n) is 2.86. The molecule has 0 aliphatic carbocycles. The van der Waals surface area contributed by atoms with Crippen LogP contribution in [0.3, 0.4) is 0 Å². The predicted octanol–water partition coefficient (Wildman–Crippen LogP) is 4.06. The van der Waals surface area contributed by atoms with Crippen LogP contribution < -0.4 is 0 Å². The molecule has 122 valence electrons. The highest BCUT2D eigenvalue weighted by Crippen LogP contribution is 2.24. The number of rotatable bonds is 4. The van der Waals surface area contributed by atoms with E-state index >= 15 is 0 Å². The van der Waals surface area contributed by atoms with Gasteiger partial charge in [0.25, 0.3) is 0 Å². The van der Waals surface area contributed by atoms with Crippen LogP contribution in [0.4, 0.5) is 0 Å². The lowest BCUT2D eigenvalue weighted by Gasteiger charge is -2.25. The molecule has 1 saturated heterocycles. The molecule has 0 N–H and O–H groups in total. The molecular formula is C18H26O3S. The van der Waals surface area contributed by atoms with E-state index in [1.54, 1.807) is 0 Å². The smallest absolute Gasteiger partial charge is 0.150 e. The average Bonchev–Trinajstić information content (AvgIpc) is 2.50. The minimum Gasteiger partial charge on any atom is -0.498 e. The summed E-state index contributed by atoms with van der Waals surface area (Å²) < 4.78 is 29.5. The molecule has 1 heterocycles. The molecule has 0 spiro atoms. The van der Waals surface area contributed by atoms with Crippen molar-refractivity contribution in [3.8, 4) is 0 Å². The van der Waals surface area contributed by atoms with Gasteiger partial charge in [0.2, 0.25) is 0 Å². The second-order valence-electron chi connectivity index (χ2n) is 6.20. The number of benzene rings is 1. The van der Waals surface area contributed by atoms with Gasteiger partial charge in [-0.25, -0.2) is 8.42 Å². The molecule has 0 saturated carbocycles. The van der Waals surface area contributed by atoms with Gasteiger partial charge in [-0.1, -0.05) is 36.8 Å². The van der Waals surface area contributed by atoms with Gasteiger partial charge in [0.15, 0.2) is 0 Å². The Morgan fingerprint density at radius 2 is 1.91 bits per heavy atom. The summed E-state index contributed by atoms with van der Waals surface area (Å²) in [5.74, 6) is 0.962. The number of hydrogen-bond donors (Lipinski definition) is 0. The Bertz CT molecular complexity index is 590. The average molecular weight is 322 g/mol. The van der Waals surface area contributed by atoms with Crippen molar-refractivity contribution in [1.29, 1.82) is 0 Å². The van der Waals surface area contributed by atoms with Gasteiger partial charge in [-0.3, -0.25) is 0 Å². The summed E-state index contributed by atoms with van der Waals surface area (Å²) in [6, 6.07) is 10.1. The third kappa shape index (κ3) is 5.16. The van der Waals surface area contributed by atoms with Gasteiger partial charge in [0, 0.05) is 0 Å². The zero-order valence-corrected chi connectivity index (χ0v) is 14.3. The number of allylic oxidation sites excluding steroid dienone is 1. The third-order valence-electron chi connectivity index (χ3n) is 4.43. The lowest BCUT2D eigenvalue weighted by atomic mass is 9.94. The molecule has 2 unspecified atom stereocenters. The summed E-state index contributed by atoms with van der Waals surface area (Å²) in [5, 5.41) is 0. The zero-order valence-electron chi connectivity index (χ0n) is 13.5. The molecule has 1 aromatic rings. The van der Waals surface area contributed by atoms with Gasteiger partial charge in [-0.15, -0.1) is 0 Å². The Kier molecular flexibility index (Phi) is 6.07. The summed E-state index contributed by atoms with van der Waals surface area (Å²) in [7, 11) is -2.85. The minimum absolute atomic E-state index is 0.0481. The molecule has 0 amide bonds. The van der Waals surface area contributed by atoms with Crippen LogP contribution in [0.2, 0.25) is 0 Å². The van der Waals surface area contributed by atoms with Crippen molar-refractivity contribution in [2.75, 3.05) is 11.5 Å². The summed E-state index contributed by atoms with van der Waals surface area (Å²) in [4.78, 5) is 0. The lowest BCUT2D eigenvalue weighted by Crippen LogP contribution is -2.25. The highest BCUT2D eigenvalue weighted by atomic mass is 32.2. The summed E-state index contributed by atoms with van der Waals surface area (Å²) in [6.07, 6.45) is 5.37. The summed E-state index contributed by atoms with van der Waals surface area (Å²) in [5.41, 5.74) is 2.24. The number of sulfone groups is 1. The van der Waals surface area contributed by atoms with Crippen LogP contribution >= 0.6 is 0 Å². The van der Waals surface area contributed by atoms with E-state index in [-0.39, 0.29) is 6.10 Å². The lowest BCUT2D eigenvalue weighted by molar-refractivity contribution is 0.0944. The first kappa shape index (κ1) is 17.1. The van der Waals surface area contributed by atoms with Crippen LogP contribution in [0, 0.1) is 5.92 Å². The molecule has 1 aliphatic heterocycles.